The van der Waals surface area contributed by atoms with E-state index in [-0.39, 0.29) is 11.1 Å². The predicted octanol–water partition coefficient (Wildman–Crippen LogP) is 1.92. The second kappa shape index (κ2) is 6.65. The number of nitrogens with one attached hydrogen (secondary N) is 1. The molecule has 0 radical (unpaired) electrons. The number of carboxylic acid groups (broad SMARTS) is 1. The lowest BCUT2D eigenvalue weighted by Crippen LogP contribution is -2.41. The van der Waals surface area contributed by atoms with E-state index in [1.165, 1.54) is 45.2 Å². The van der Waals surface area contributed by atoms with Crippen LogP contribution in [-0.2, 0) is 9.59 Å². The monoisotopic (exact) mass is 294 g/mol. The normalized spacial score (nSPS) is 11.4. The summed E-state index contributed by atoms with van der Waals surface area (Å²) in [5.41, 5.74) is 0.173. The number of amides is 3. The lowest BCUT2D eigenvalue weighted by Gasteiger charge is -2.17. The first-order valence-corrected chi connectivity index (χ1v) is 5.99. The van der Waals surface area contributed by atoms with E-state index < -0.39 is 23.7 Å². The molecule has 0 atom stereocenters. The van der Waals surface area contributed by atoms with Crippen molar-refractivity contribution < 1.29 is 23.9 Å². The van der Waals surface area contributed by atoms with Crippen molar-refractivity contribution in [2.75, 3.05) is 11.9 Å². The maximum Gasteiger partial charge on any atom is 0.331 e. The van der Waals surface area contributed by atoms with Crippen LogP contribution in [0.15, 0.2) is 35.4 Å². The number of aliphatic carboxylic acids is 1. The number of carbonyl (C=O) groups is 3. The molecule has 1 aromatic rings. The van der Waals surface area contributed by atoms with E-state index in [9.17, 15) is 18.8 Å². The van der Waals surface area contributed by atoms with Crippen LogP contribution in [0, 0.1) is 5.82 Å². The Morgan fingerprint density at radius 1 is 1.10 bits per heavy atom. The summed E-state index contributed by atoms with van der Waals surface area (Å²) in [4.78, 5) is 35.5. The second-order valence-corrected chi connectivity index (χ2v) is 4.35. The predicted molar refractivity (Wildman–Crippen MR) is 74.4 cm³/mol. The zero-order chi connectivity index (χ0) is 16.2. The first kappa shape index (κ1) is 16.4. The minimum absolute atomic E-state index is 0.0663. The molecule has 0 saturated heterocycles. The standard InChI is InChI=1S/C14H15FN2O4/c1-8(9(2)13(19)20)12(18)16-14(21)17(3)11-6-4-10(15)5-7-11/h4-7H,1-3H3,(H,19,20)(H,16,18,21). The Bertz CT molecular complexity index is 608. The average molecular weight is 294 g/mol. The first-order chi connectivity index (χ1) is 9.73. The number of benzene rings is 1. The van der Waals surface area contributed by atoms with Gasteiger partial charge in [-0.05, 0) is 38.1 Å². The molecule has 0 fully saturated rings. The average Bonchev–Trinajstić information content (AvgIpc) is 2.45. The third-order valence-electron chi connectivity index (χ3n) is 2.96. The van der Waals surface area contributed by atoms with E-state index in [0.717, 1.165) is 4.90 Å². The molecule has 6 nitrogen and oxygen atoms in total. The summed E-state index contributed by atoms with van der Waals surface area (Å²) in [6.45, 7) is 2.58. The van der Waals surface area contributed by atoms with Crippen LogP contribution in [-0.4, -0.2) is 30.1 Å². The van der Waals surface area contributed by atoms with Gasteiger partial charge in [0.2, 0.25) is 0 Å². The summed E-state index contributed by atoms with van der Waals surface area (Å²) >= 11 is 0. The van der Waals surface area contributed by atoms with Gasteiger partial charge in [0.1, 0.15) is 5.82 Å². The lowest BCUT2D eigenvalue weighted by molar-refractivity contribution is -0.133. The van der Waals surface area contributed by atoms with Gasteiger partial charge in [0.15, 0.2) is 0 Å². The van der Waals surface area contributed by atoms with Crippen LogP contribution >= 0.6 is 0 Å². The Labute approximate surface area is 120 Å². The van der Waals surface area contributed by atoms with Crippen molar-refractivity contribution in [3.05, 3.63) is 41.2 Å². The topological polar surface area (TPSA) is 86.7 Å². The van der Waals surface area contributed by atoms with Crippen molar-refractivity contribution in [3.63, 3.8) is 0 Å². The summed E-state index contributed by atoms with van der Waals surface area (Å²) in [7, 11) is 1.40. The van der Waals surface area contributed by atoms with Crippen molar-refractivity contribution >= 4 is 23.6 Å². The highest BCUT2D eigenvalue weighted by Gasteiger charge is 2.18. The summed E-state index contributed by atoms with van der Waals surface area (Å²) in [5, 5.41) is 10.8. The van der Waals surface area contributed by atoms with E-state index in [2.05, 4.69) is 5.32 Å². The molecular weight excluding hydrogens is 279 g/mol. The van der Waals surface area contributed by atoms with Crippen LogP contribution < -0.4 is 10.2 Å². The van der Waals surface area contributed by atoms with Gasteiger partial charge in [0.05, 0.1) is 0 Å². The molecule has 2 N–H and O–H groups in total. The molecule has 1 rings (SSSR count). The largest absolute Gasteiger partial charge is 0.478 e. The molecular formula is C14H15FN2O4. The van der Waals surface area contributed by atoms with Crippen LogP contribution in [0.25, 0.3) is 0 Å². The molecule has 0 saturated carbocycles. The summed E-state index contributed by atoms with van der Waals surface area (Å²) in [6, 6.07) is 4.38. The second-order valence-electron chi connectivity index (χ2n) is 4.35. The summed E-state index contributed by atoms with van der Waals surface area (Å²) in [6.07, 6.45) is 0. The molecule has 3 amide bonds. The molecule has 0 aromatic heterocycles. The number of halogens is 1. The first-order valence-electron chi connectivity index (χ1n) is 5.99. The molecule has 1 aromatic carbocycles. The zero-order valence-electron chi connectivity index (χ0n) is 11.8. The fourth-order valence-electron chi connectivity index (χ4n) is 1.39. The fraction of sp³-hybridized carbons (Fsp3) is 0.214. The number of carbonyl (C=O) groups excluding carboxylic acids is 2. The van der Waals surface area contributed by atoms with Crippen molar-refractivity contribution in [3.8, 4) is 0 Å². The number of carboxylic acids is 1. The molecule has 21 heavy (non-hydrogen) atoms. The molecule has 0 spiro atoms. The maximum atomic E-state index is 12.8. The number of urea groups is 1. The van der Waals surface area contributed by atoms with E-state index in [0.29, 0.717) is 5.69 Å². The highest BCUT2D eigenvalue weighted by Crippen LogP contribution is 2.13. The molecule has 0 aliphatic heterocycles. The Balaban J connectivity index is 2.81. The Morgan fingerprint density at radius 2 is 1.62 bits per heavy atom. The number of rotatable bonds is 3. The maximum absolute atomic E-state index is 12.8. The van der Waals surface area contributed by atoms with E-state index >= 15 is 0 Å². The fourth-order valence-corrected chi connectivity index (χ4v) is 1.39. The quantitative estimate of drug-likeness (QED) is 0.834. The van der Waals surface area contributed by atoms with Crippen molar-refractivity contribution in [1.82, 2.24) is 5.32 Å². The lowest BCUT2D eigenvalue weighted by atomic mass is 10.1. The van der Waals surface area contributed by atoms with Gasteiger partial charge in [-0.3, -0.25) is 15.0 Å². The molecule has 0 unspecified atom stereocenters. The van der Waals surface area contributed by atoms with Gasteiger partial charge in [0.25, 0.3) is 5.91 Å². The number of nitrogens with zero attached hydrogens (tertiary/aromatic N) is 1. The molecule has 0 aliphatic carbocycles. The van der Waals surface area contributed by atoms with E-state index in [4.69, 9.17) is 5.11 Å². The van der Waals surface area contributed by atoms with Crippen LogP contribution in [0.4, 0.5) is 14.9 Å². The van der Waals surface area contributed by atoms with Gasteiger partial charge in [0, 0.05) is 23.9 Å². The number of imide groups is 1. The van der Waals surface area contributed by atoms with Gasteiger partial charge in [-0.1, -0.05) is 0 Å². The van der Waals surface area contributed by atoms with Crippen LogP contribution in [0.3, 0.4) is 0 Å². The van der Waals surface area contributed by atoms with Crippen LogP contribution in [0.5, 0.6) is 0 Å². The van der Waals surface area contributed by atoms with E-state index in [1.54, 1.807) is 0 Å². The van der Waals surface area contributed by atoms with Crippen molar-refractivity contribution in [2.45, 2.75) is 13.8 Å². The number of hydrogen-bond acceptors (Lipinski definition) is 3. The van der Waals surface area contributed by atoms with Crippen molar-refractivity contribution in [1.29, 1.82) is 0 Å². The van der Waals surface area contributed by atoms with Gasteiger partial charge >= 0.3 is 12.0 Å². The van der Waals surface area contributed by atoms with Crippen molar-refractivity contribution in [2.24, 2.45) is 0 Å². The van der Waals surface area contributed by atoms with Gasteiger partial charge in [-0.25, -0.2) is 14.0 Å². The highest BCUT2D eigenvalue weighted by molar-refractivity contribution is 6.10. The number of anilines is 1. The smallest absolute Gasteiger partial charge is 0.331 e. The van der Waals surface area contributed by atoms with Crippen LogP contribution in [0.1, 0.15) is 13.8 Å². The van der Waals surface area contributed by atoms with Gasteiger partial charge < -0.3 is 5.11 Å². The Hall–Kier alpha value is -2.70. The molecule has 0 bridgehead atoms. The third kappa shape index (κ3) is 4.13. The summed E-state index contributed by atoms with van der Waals surface area (Å²) in [5.74, 6) is -2.48. The Kier molecular flexibility index (Phi) is 5.18. The highest BCUT2D eigenvalue weighted by atomic mass is 19.1. The van der Waals surface area contributed by atoms with E-state index in [1.807, 2.05) is 0 Å². The minimum Gasteiger partial charge on any atom is -0.478 e. The zero-order valence-corrected chi connectivity index (χ0v) is 11.8. The number of hydrogen-bond donors (Lipinski definition) is 2. The van der Waals surface area contributed by atoms with Crippen LogP contribution in [0.2, 0.25) is 0 Å². The Morgan fingerprint density at radius 3 is 2.10 bits per heavy atom. The molecule has 112 valence electrons. The third-order valence-corrected chi connectivity index (χ3v) is 2.96. The molecule has 7 heteroatoms. The molecule has 0 aliphatic rings. The minimum atomic E-state index is -1.23. The molecule has 0 heterocycles. The van der Waals surface area contributed by atoms with Gasteiger partial charge in [-0.15, -0.1) is 0 Å². The van der Waals surface area contributed by atoms with Gasteiger partial charge in [-0.2, -0.15) is 0 Å². The summed E-state index contributed by atoms with van der Waals surface area (Å²) < 4.78 is 12.8. The SMILES string of the molecule is CC(C(=O)O)=C(C)C(=O)NC(=O)N(C)c1ccc(F)cc1.